The lowest BCUT2D eigenvalue weighted by Crippen LogP contribution is -2.23. The third-order valence-electron chi connectivity index (χ3n) is 4.31. The predicted molar refractivity (Wildman–Crippen MR) is 115 cm³/mol. The molecule has 1 N–H and O–H groups in total. The molecule has 0 saturated heterocycles. The molecule has 0 unspecified atom stereocenters. The first-order valence-electron chi connectivity index (χ1n) is 9.61. The van der Waals surface area contributed by atoms with Gasteiger partial charge in [-0.25, -0.2) is 0 Å². The number of ether oxygens (including phenoxy) is 1. The van der Waals surface area contributed by atoms with Gasteiger partial charge in [-0.2, -0.15) is 0 Å². The Morgan fingerprint density at radius 3 is 2.52 bits per heavy atom. The molecule has 1 heterocycles. The summed E-state index contributed by atoms with van der Waals surface area (Å²) in [6.07, 6.45) is 0. The lowest BCUT2D eigenvalue weighted by Gasteiger charge is -2.15. The lowest BCUT2D eigenvalue weighted by molar-refractivity contribution is -0.115. The number of amides is 1. The molecule has 3 aromatic rings. The van der Waals surface area contributed by atoms with E-state index in [1.807, 2.05) is 62.4 Å². The number of nitrogens with zero attached hydrogens (tertiary/aromatic N) is 2. The number of benzene rings is 2. The Labute approximate surface area is 175 Å². The number of thioether (sulfide) groups is 1. The van der Waals surface area contributed by atoms with E-state index in [1.54, 1.807) is 0 Å². The number of hydrogen-bond donors (Lipinski definition) is 1. The Morgan fingerprint density at radius 2 is 1.83 bits per heavy atom. The zero-order valence-corrected chi connectivity index (χ0v) is 17.8. The van der Waals surface area contributed by atoms with E-state index in [1.165, 1.54) is 11.8 Å². The van der Waals surface area contributed by atoms with Crippen molar-refractivity contribution in [1.82, 2.24) is 10.2 Å². The molecule has 6 nitrogen and oxygen atoms in total. The Kier molecular flexibility index (Phi) is 6.93. The maximum Gasteiger partial charge on any atom is 0.277 e. The van der Waals surface area contributed by atoms with Gasteiger partial charge in [-0.15, -0.1) is 10.2 Å². The first-order valence-corrected chi connectivity index (χ1v) is 10.5. The number of carbonyl (C=O) groups excluding carboxylic acids is 1. The van der Waals surface area contributed by atoms with Crippen molar-refractivity contribution in [3.05, 3.63) is 54.1 Å². The van der Waals surface area contributed by atoms with E-state index in [2.05, 4.69) is 29.4 Å². The summed E-state index contributed by atoms with van der Waals surface area (Å²) in [5.74, 6) is 1.41. The van der Waals surface area contributed by atoms with Gasteiger partial charge in [-0.3, -0.25) is 4.79 Å². The van der Waals surface area contributed by atoms with Gasteiger partial charge < -0.3 is 14.5 Å². The van der Waals surface area contributed by atoms with Crippen LogP contribution in [0.15, 0.2) is 58.2 Å². The van der Waals surface area contributed by atoms with Gasteiger partial charge in [0.25, 0.3) is 5.22 Å². The molecule has 0 fully saturated rings. The van der Waals surface area contributed by atoms with Crippen molar-refractivity contribution in [1.29, 1.82) is 0 Å². The highest BCUT2D eigenvalue weighted by Crippen LogP contribution is 2.29. The molecule has 3 rings (SSSR count). The standard InChI is InChI=1S/C22H25N3O3S/c1-5-27-17-12-10-16(11-13-17)21-24-25-22(28-21)29-15(4)20(26)23-19-9-7-6-8-18(19)14(2)3/h6-15H,5H2,1-4H3,(H,23,26)/t15-/m0/s1. The van der Waals surface area contributed by atoms with Crippen molar-refractivity contribution < 1.29 is 13.9 Å². The minimum Gasteiger partial charge on any atom is -0.494 e. The maximum atomic E-state index is 12.6. The Balaban J connectivity index is 1.64. The highest BCUT2D eigenvalue weighted by Gasteiger charge is 2.20. The smallest absolute Gasteiger partial charge is 0.277 e. The molecule has 0 spiro atoms. The Bertz CT molecular complexity index is 954. The number of hydrogen-bond acceptors (Lipinski definition) is 6. The van der Waals surface area contributed by atoms with Crippen LogP contribution in [-0.4, -0.2) is 28.0 Å². The van der Waals surface area contributed by atoms with Gasteiger partial charge in [0.1, 0.15) is 5.75 Å². The van der Waals surface area contributed by atoms with Crippen molar-refractivity contribution in [3.63, 3.8) is 0 Å². The largest absolute Gasteiger partial charge is 0.494 e. The molecule has 2 aromatic carbocycles. The van der Waals surface area contributed by atoms with Crippen LogP contribution in [0.1, 0.15) is 39.2 Å². The molecular weight excluding hydrogens is 386 g/mol. The van der Waals surface area contributed by atoms with E-state index in [4.69, 9.17) is 9.15 Å². The fraction of sp³-hybridized carbons (Fsp3) is 0.318. The summed E-state index contributed by atoms with van der Waals surface area (Å²) in [6, 6.07) is 15.3. The van der Waals surface area contributed by atoms with Crippen molar-refractivity contribution in [2.45, 2.75) is 44.1 Å². The molecule has 7 heteroatoms. The summed E-state index contributed by atoms with van der Waals surface area (Å²) in [7, 11) is 0. The molecule has 0 bridgehead atoms. The predicted octanol–water partition coefficient (Wildman–Crippen LogP) is 5.38. The minimum atomic E-state index is -0.385. The van der Waals surface area contributed by atoms with Gasteiger partial charge in [0, 0.05) is 11.3 Å². The number of nitrogens with one attached hydrogen (secondary N) is 1. The molecule has 1 atom stereocenters. The Hall–Kier alpha value is -2.80. The van der Waals surface area contributed by atoms with Crippen LogP contribution >= 0.6 is 11.8 Å². The van der Waals surface area contributed by atoms with Crippen molar-refractivity contribution >= 4 is 23.4 Å². The van der Waals surface area contributed by atoms with E-state index in [0.29, 0.717) is 23.6 Å². The van der Waals surface area contributed by atoms with Gasteiger partial charge in [0.05, 0.1) is 11.9 Å². The highest BCUT2D eigenvalue weighted by atomic mass is 32.2. The van der Waals surface area contributed by atoms with E-state index in [0.717, 1.165) is 22.6 Å². The van der Waals surface area contributed by atoms with Crippen LogP contribution in [-0.2, 0) is 4.79 Å². The van der Waals surface area contributed by atoms with Crippen LogP contribution in [0, 0.1) is 0 Å². The van der Waals surface area contributed by atoms with E-state index >= 15 is 0 Å². The van der Waals surface area contributed by atoms with Crippen molar-refractivity contribution in [2.24, 2.45) is 0 Å². The van der Waals surface area contributed by atoms with Crippen molar-refractivity contribution in [2.75, 3.05) is 11.9 Å². The average Bonchev–Trinajstić information content (AvgIpc) is 3.17. The van der Waals surface area contributed by atoms with Crippen LogP contribution in [0.3, 0.4) is 0 Å². The van der Waals surface area contributed by atoms with Crippen LogP contribution in [0.2, 0.25) is 0 Å². The van der Waals surface area contributed by atoms with Gasteiger partial charge >= 0.3 is 0 Å². The number of aromatic nitrogens is 2. The van der Waals surface area contributed by atoms with Gasteiger partial charge in [0.15, 0.2) is 0 Å². The molecule has 0 aliphatic carbocycles. The summed E-state index contributed by atoms with van der Waals surface area (Å²) >= 11 is 1.23. The summed E-state index contributed by atoms with van der Waals surface area (Å²) in [6.45, 7) is 8.57. The molecule has 0 radical (unpaired) electrons. The molecule has 1 aromatic heterocycles. The number of para-hydroxylation sites is 1. The van der Waals surface area contributed by atoms with Crippen LogP contribution in [0.25, 0.3) is 11.5 Å². The SMILES string of the molecule is CCOc1ccc(-c2nnc(S[C@@H](C)C(=O)Nc3ccccc3C(C)C)o2)cc1. The molecule has 0 saturated carbocycles. The second-order valence-corrected chi connectivity index (χ2v) is 8.11. The van der Waals surface area contributed by atoms with Crippen LogP contribution in [0.5, 0.6) is 5.75 Å². The highest BCUT2D eigenvalue weighted by molar-refractivity contribution is 8.00. The number of rotatable bonds is 8. The third-order valence-corrected chi connectivity index (χ3v) is 5.24. The van der Waals surface area contributed by atoms with E-state index in [-0.39, 0.29) is 11.2 Å². The first-order chi connectivity index (χ1) is 14.0. The average molecular weight is 412 g/mol. The Morgan fingerprint density at radius 1 is 1.10 bits per heavy atom. The maximum absolute atomic E-state index is 12.6. The topological polar surface area (TPSA) is 77.2 Å². The quantitative estimate of drug-likeness (QED) is 0.502. The van der Waals surface area contributed by atoms with E-state index < -0.39 is 0 Å². The first kappa shape index (κ1) is 20.9. The fourth-order valence-electron chi connectivity index (χ4n) is 2.79. The summed E-state index contributed by atoms with van der Waals surface area (Å²) in [5, 5.41) is 11.1. The lowest BCUT2D eigenvalue weighted by atomic mass is 10.0. The fourth-order valence-corrected chi connectivity index (χ4v) is 3.47. The molecule has 0 aliphatic rings. The van der Waals surface area contributed by atoms with Gasteiger partial charge in [-0.05, 0) is 55.7 Å². The normalized spacial score (nSPS) is 12.0. The third kappa shape index (κ3) is 5.38. The van der Waals surface area contributed by atoms with Crippen molar-refractivity contribution in [3.8, 4) is 17.2 Å². The second kappa shape index (κ2) is 9.60. The summed E-state index contributed by atoms with van der Waals surface area (Å²) in [4.78, 5) is 12.6. The van der Waals surface area contributed by atoms with Gasteiger partial charge in [-0.1, -0.05) is 43.8 Å². The molecule has 1 amide bonds. The van der Waals surface area contributed by atoms with Crippen LogP contribution < -0.4 is 10.1 Å². The minimum absolute atomic E-state index is 0.107. The van der Waals surface area contributed by atoms with Crippen LogP contribution in [0.4, 0.5) is 5.69 Å². The van der Waals surface area contributed by atoms with Gasteiger partial charge in [0.2, 0.25) is 11.8 Å². The number of anilines is 1. The second-order valence-electron chi connectivity index (χ2n) is 6.82. The molecule has 0 aliphatic heterocycles. The van der Waals surface area contributed by atoms with E-state index in [9.17, 15) is 4.79 Å². The monoisotopic (exact) mass is 411 g/mol. The summed E-state index contributed by atoms with van der Waals surface area (Å²) in [5.41, 5.74) is 2.74. The summed E-state index contributed by atoms with van der Waals surface area (Å²) < 4.78 is 11.2. The number of carbonyl (C=O) groups is 1. The zero-order valence-electron chi connectivity index (χ0n) is 17.0. The zero-order chi connectivity index (χ0) is 20.8. The molecule has 152 valence electrons. The molecular formula is C22H25N3O3S. The molecule has 29 heavy (non-hydrogen) atoms.